The van der Waals surface area contributed by atoms with Gasteiger partial charge >= 0.3 is 0 Å². The second-order valence-corrected chi connectivity index (χ2v) is 3.60. The molecule has 0 bridgehead atoms. The van der Waals surface area contributed by atoms with Crippen molar-refractivity contribution in [2.75, 3.05) is 25.0 Å². The predicted molar refractivity (Wildman–Crippen MR) is 56.3 cm³/mol. The van der Waals surface area contributed by atoms with Gasteiger partial charge < -0.3 is 10.2 Å². The summed E-state index contributed by atoms with van der Waals surface area (Å²) in [7, 11) is 2.03. The number of rotatable bonds is 2. The highest BCUT2D eigenvalue weighted by atomic mass is 15.3. The summed E-state index contributed by atoms with van der Waals surface area (Å²) in [4.78, 5) is 10.7. The van der Waals surface area contributed by atoms with E-state index in [0.717, 1.165) is 19.0 Å². The molecule has 4 nitrogen and oxygen atoms in total. The van der Waals surface area contributed by atoms with Crippen molar-refractivity contribution in [3.8, 4) is 0 Å². The van der Waals surface area contributed by atoms with Gasteiger partial charge in [0.15, 0.2) is 0 Å². The van der Waals surface area contributed by atoms with Gasteiger partial charge in [-0.3, -0.25) is 0 Å². The van der Waals surface area contributed by atoms with E-state index < -0.39 is 0 Å². The van der Waals surface area contributed by atoms with Gasteiger partial charge in [0, 0.05) is 31.5 Å². The Labute approximate surface area is 84.4 Å². The minimum Gasteiger partial charge on any atom is -0.341 e. The summed E-state index contributed by atoms with van der Waals surface area (Å²) in [6.07, 6.45) is 5.95. The molecule has 4 heteroatoms. The van der Waals surface area contributed by atoms with E-state index in [0.29, 0.717) is 6.04 Å². The van der Waals surface area contributed by atoms with Crippen molar-refractivity contribution in [2.24, 2.45) is 0 Å². The molecule has 1 aromatic heterocycles. The molecule has 0 atom stereocenters. The number of nitrogens with one attached hydrogen (secondary N) is 1. The van der Waals surface area contributed by atoms with E-state index in [1.54, 1.807) is 12.4 Å². The number of hydrogen-bond acceptors (Lipinski definition) is 4. The van der Waals surface area contributed by atoms with Crippen LogP contribution in [0.5, 0.6) is 0 Å². The Bertz CT molecular complexity index is 267. The van der Waals surface area contributed by atoms with Crippen LogP contribution in [0.3, 0.4) is 0 Å². The third kappa shape index (κ3) is 2.01. The van der Waals surface area contributed by atoms with Crippen molar-refractivity contribution in [1.82, 2.24) is 15.3 Å². The molecular weight excluding hydrogens is 176 g/mol. The Morgan fingerprint density at radius 3 is 2.50 bits per heavy atom. The van der Waals surface area contributed by atoms with Crippen LogP contribution in [-0.2, 0) is 0 Å². The normalized spacial score (nSPS) is 18.5. The van der Waals surface area contributed by atoms with Crippen LogP contribution in [0.25, 0.3) is 0 Å². The Morgan fingerprint density at radius 2 is 1.93 bits per heavy atom. The third-order valence-electron chi connectivity index (χ3n) is 2.74. The van der Waals surface area contributed by atoms with Gasteiger partial charge in [0.2, 0.25) is 5.95 Å². The molecule has 0 amide bonds. The zero-order valence-corrected chi connectivity index (χ0v) is 8.48. The average molecular weight is 192 g/mol. The van der Waals surface area contributed by atoms with Gasteiger partial charge in [-0.25, -0.2) is 9.97 Å². The molecule has 1 N–H and O–H groups in total. The van der Waals surface area contributed by atoms with E-state index in [9.17, 15) is 0 Å². The largest absolute Gasteiger partial charge is 0.341 e. The molecule has 1 aliphatic rings. The fourth-order valence-corrected chi connectivity index (χ4v) is 1.82. The number of anilines is 1. The van der Waals surface area contributed by atoms with Crippen LogP contribution >= 0.6 is 0 Å². The molecule has 1 saturated heterocycles. The molecule has 14 heavy (non-hydrogen) atoms. The molecule has 1 fully saturated rings. The molecular formula is C10H16N4. The summed E-state index contributed by atoms with van der Waals surface area (Å²) in [6.45, 7) is 2.10. The molecule has 0 aromatic carbocycles. The quantitative estimate of drug-likeness (QED) is 0.747. The Kier molecular flexibility index (Phi) is 2.93. The molecule has 0 saturated carbocycles. The van der Waals surface area contributed by atoms with Crippen LogP contribution < -0.4 is 10.2 Å². The number of piperidine rings is 1. The maximum atomic E-state index is 4.25. The Morgan fingerprint density at radius 1 is 1.29 bits per heavy atom. The fourth-order valence-electron chi connectivity index (χ4n) is 1.82. The minimum atomic E-state index is 0.662. The summed E-state index contributed by atoms with van der Waals surface area (Å²) in [5.74, 6) is 0.863. The van der Waals surface area contributed by atoms with Gasteiger partial charge in [0.25, 0.3) is 0 Å². The third-order valence-corrected chi connectivity index (χ3v) is 2.74. The van der Waals surface area contributed by atoms with E-state index in [1.807, 2.05) is 13.1 Å². The topological polar surface area (TPSA) is 41.0 Å². The fraction of sp³-hybridized carbons (Fsp3) is 0.600. The highest BCUT2D eigenvalue weighted by molar-refractivity contribution is 5.28. The number of hydrogen-bond donors (Lipinski definition) is 1. The van der Waals surface area contributed by atoms with Gasteiger partial charge in [-0.2, -0.15) is 0 Å². The lowest BCUT2D eigenvalue weighted by Crippen LogP contribution is -2.41. The summed E-state index contributed by atoms with van der Waals surface area (Å²) in [5.41, 5.74) is 0. The Balaban J connectivity index is 1.96. The first kappa shape index (κ1) is 9.40. The highest BCUT2D eigenvalue weighted by Gasteiger charge is 2.18. The first-order valence-corrected chi connectivity index (χ1v) is 5.09. The number of aromatic nitrogens is 2. The van der Waals surface area contributed by atoms with Crippen molar-refractivity contribution in [3.05, 3.63) is 18.5 Å². The van der Waals surface area contributed by atoms with Crippen molar-refractivity contribution >= 4 is 5.95 Å². The van der Waals surface area contributed by atoms with Crippen molar-refractivity contribution in [1.29, 1.82) is 0 Å². The van der Waals surface area contributed by atoms with E-state index in [-0.39, 0.29) is 0 Å². The molecule has 1 aliphatic heterocycles. The molecule has 2 heterocycles. The molecule has 0 unspecified atom stereocenters. The molecule has 76 valence electrons. The van der Waals surface area contributed by atoms with Gasteiger partial charge in [-0.15, -0.1) is 0 Å². The van der Waals surface area contributed by atoms with E-state index in [1.165, 1.54) is 12.8 Å². The van der Waals surface area contributed by atoms with Crippen LogP contribution in [0.4, 0.5) is 5.95 Å². The zero-order chi connectivity index (χ0) is 9.80. The van der Waals surface area contributed by atoms with Gasteiger partial charge in [-0.1, -0.05) is 0 Å². The average Bonchev–Trinajstić information content (AvgIpc) is 2.30. The highest BCUT2D eigenvalue weighted by Crippen LogP contribution is 2.14. The van der Waals surface area contributed by atoms with Crippen LogP contribution in [0.15, 0.2) is 18.5 Å². The monoisotopic (exact) mass is 192 g/mol. The second-order valence-electron chi connectivity index (χ2n) is 3.60. The zero-order valence-electron chi connectivity index (χ0n) is 8.48. The van der Waals surface area contributed by atoms with Crippen LogP contribution in [-0.4, -0.2) is 36.1 Å². The number of nitrogens with zero attached hydrogens (tertiary/aromatic N) is 3. The van der Waals surface area contributed by atoms with E-state index >= 15 is 0 Å². The van der Waals surface area contributed by atoms with E-state index in [2.05, 4.69) is 20.2 Å². The van der Waals surface area contributed by atoms with Crippen LogP contribution in [0.1, 0.15) is 12.8 Å². The van der Waals surface area contributed by atoms with Crippen molar-refractivity contribution < 1.29 is 0 Å². The standard InChI is InChI=1S/C10H16N4/c1-11-9-3-7-14(8-4-9)10-12-5-2-6-13-10/h2,5-6,9,11H,3-4,7-8H2,1H3. The maximum absolute atomic E-state index is 4.25. The second kappa shape index (κ2) is 4.37. The minimum absolute atomic E-state index is 0.662. The summed E-state index contributed by atoms with van der Waals surface area (Å²) < 4.78 is 0. The van der Waals surface area contributed by atoms with Crippen LogP contribution in [0, 0.1) is 0 Å². The first-order chi connectivity index (χ1) is 6.90. The maximum Gasteiger partial charge on any atom is 0.225 e. The lowest BCUT2D eigenvalue weighted by molar-refractivity contribution is 0.439. The molecule has 0 spiro atoms. The summed E-state index contributed by atoms with van der Waals surface area (Å²) >= 11 is 0. The van der Waals surface area contributed by atoms with E-state index in [4.69, 9.17) is 0 Å². The van der Waals surface area contributed by atoms with Gasteiger partial charge in [0.05, 0.1) is 0 Å². The van der Waals surface area contributed by atoms with Gasteiger partial charge in [-0.05, 0) is 26.0 Å². The van der Waals surface area contributed by atoms with Crippen molar-refractivity contribution in [3.63, 3.8) is 0 Å². The lowest BCUT2D eigenvalue weighted by atomic mass is 10.1. The molecule has 1 aromatic rings. The smallest absolute Gasteiger partial charge is 0.225 e. The summed E-state index contributed by atoms with van der Waals surface area (Å²) in [6, 6.07) is 2.51. The molecule has 0 radical (unpaired) electrons. The molecule has 0 aliphatic carbocycles. The summed E-state index contributed by atoms with van der Waals surface area (Å²) in [5, 5.41) is 3.31. The SMILES string of the molecule is CNC1CCN(c2ncccn2)CC1. The lowest BCUT2D eigenvalue weighted by Gasteiger charge is -2.31. The first-order valence-electron chi connectivity index (χ1n) is 5.09. The predicted octanol–water partition coefficient (Wildman–Crippen LogP) is 0.665. The van der Waals surface area contributed by atoms with Crippen molar-refractivity contribution in [2.45, 2.75) is 18.9 Å². The van der Waals surface area contributed by atoms with Crippen LogP contribution in [0.2, 0.25) is 0 Å². The Hall–Kier alpha value is -1.16. The van der Waals surface area contributed by atoms with Gasteiger partial charge in [0.1, 0.15) is 0 Å². The molecule has 2 rings (SSSR count).